The van der Waals surface area contributed by atoms with Crippen LogP contribution < -0.4 is 0 Å². The van der Waals surface area contributed by atoms with Crippen molar-refractivity contribution in [2.75, 3.05) is 0 Å². The summed E-state index contributed by atoms with van der Waals surface area (Å²) < 4.78 is 12.6. The number of esters is 1. The maximum Gasteiger partial charge on any atom is 0.342 e. The summed E-state index contributed by atoms with van der Waals surface area (Å²) in [5.41, 5.74) is 1.81. The largest absolute Gasteiger partial charge is 0.449 e. The molecule has 27 heavy (non-hydrogen) atoms. The highest BCUT2D eigenvalue weighted by Gasteiger charge is 2.24. The van der Waals surface area contributed by atoms with E-state index in [1.165, 1.54) is 11.3 Å². The minimum Gasteiger partial charge on any atom is -0.449 e. The number of hydrogen-bond acceptors (Lipinski definition) is 7. The fourth-order valence-electron chi connectivity index (χ4n) is 2.58. The van der Waals surface area contributed by atoms with Gasteiger partial charge in [0.2, 0.25) is 5.89 Å². The van der Waals surface area contributed by atoms with E-state index in [0.29, 0.717) is 17.1 Å². The first-order valence-electron chi connectivity index (χ1n) is 8.32. The van der Waals surface area contributed by atoms with Gasteiger partial charge in [0.25, 0.3) is 5.89 Å². The topological polar surface area (TPSA) is 83.0 Å². The zero-order chi connectivity index (χ0) is 18.8. The van der Waals surface area contributed by atoms with E-state index in [-0.39, 0.29) is 5.89 Å². The molecule has 0 fully saturated rings. The molecule has 0 spiro atoms. The van der Waals surface area contributed by atoms with Gasteiger partial charge < -0.3 is 9.15 Å². The Kier molecular flexibility index (Phi) is 4.55. The van der Waals surface area contributed by atoms with Crippen molar-refractivity contribution >= 4 is 17.3 Å². The first-order valence-corrected chi connectivity index (χ1v) is 9.20. The molecule has 1 atom stereocenters. The molecular formula is C19H16N4O3S. The summed E-state index contributed by atoms with van der Waals surface area (Å²) in [4.78, 5) is 13.7. The summed E-state index contributed by atoms with van der Waals surface area (Å²) >= 11 is 1.51. The van der Waals surface area contributed by atoms with E-state index >= 15 is 0 Å². The molecule has 1 unspecified atom stereocenters. The summed E-state index contributed by atoms with van der Waals surface area (Å²) in [7, 11) is 0. The molecule has 7 nitrogen and oxygen atoms in total. The van der Waals surface area contributed by atoms with Crippen LogP contribution in [0, 0.1) is 6.92 Å². The Bertz CT molecular complexity index is 1050. The maximum atomic E-state index is 12.8. The number of rotatable bonds is 5. The van der Waals surface area contributed by atoms with Crippen LogP contribution in [0.25, 0.3) is 16.3 Å². The van der Waals surface area contributed by atoms with Gasteiger partial charge in [0.05, 0.1) is 10.6 Å². The molecule has 0 bridgehead atoms. The van der Waals surface area contributed by atoms with Crippen LogP contribution in [0.1, 0.15) is 35.2 Å². The van der Waals surface area contributed by atoms with E-state index in [4.69, 9.17) is 9.15 Å². The lowest BCUT2D eigenvalue weighted by Gasteiger charge is -2.08. The Morgan fingerprint density at radius 1 is 1.19 bits per heavy atom. The average Bonchev–Trinajstić information content (AvgIpc) is 3.42. The molecule has 4 rings (SSSR count). The zero-order valence-corrected chi connectivity index (χ0v) is 15.5. The molecule has 136 valence electrons. The molecule has 0 aliphatic rings. The minimum absolute atomic E-state index is 0.258. The van der Waals surface area contributed by atoms with Crippen molar-refractivity contribution in [1.82, 2.24) is 20.0 Å². The van der Waals surface area contributed by atoms with Gasteiger partial charge in [-0.3, -0.25) is 0 Å². The van der Waals surface area contributed by atoms with Gasteiger partial charge in [-0.2, -0.15) is 5.10 Å². The molecule has 0 saturated heterocycles. The van der Waals surface area contributed by atoms with Gasteiger partial charge >= 0.3 is 5.97 Å². The standard InChI is InChI=1S/C19H16N4O3S/c1-12(18-21-20-13(2)26-18)25-19(24)15-11-23(14-7-4-3-5-8-14)22-17(15)16-9-6-10-27-16/h3-12H,1-2H3. The number of carbonyl (C=O) groups excluding carboxylic acids is 1. The second-order valence-electron chi connectivity index (χ2n) is 5.86. The van der Waals surface area contributed by atoms with E-state index in [1.807, 2.05) is 47.8 Å². The molecule has 8 heteroatoms. The number of aryl methyl sites for hydroxylation is 1. The number of ether oxygens (including phenoxy) is 1. The Morgan fingerprint density at radius 3 is 2.67 bits per heavy atom. The third-order valence-electron chi connectivity index (χ3n) is 3.88. The number of carbonyl (C=O) groups is 1. The van der Waals surface area contributed by atoms with Gasteiger partial charge in [-0.05, 0) is 30.5 Å². The Morgan fingerprint density at radius 2 is 2.00 bits per heavy atom. The molecule has 0 aliphatic heterocycles. The van der Waals surface area contributed by atoms with Crippen molar-refractivity contribution in [3.63, 3.8) is 0 Å². The summed E-state index contributed by atoms with van der Waals surface area (Å²) in [5.74, 6) is 0.182. The van der Waals surface area contributed by atoms with Gasteiger partial charge in [-0.1, -0.05) is 24.3 Å². The van der Waals surface area contributed by atoms with Crippen LogP contribution in [0.4, 0.5) is 0 Å². The lowest BCUT2D eigenvalue weighted by molar-refractivity contribution is 0.0278. The highest BCUT2D eigenvalue weighted by Crippen LogP contribution is 2.29. The highest BCUT2D eigenvalue weighted by molar-refractivity contribution is 7.13. The molecule has 0 aliphatic carbocycles. The number of aromatic nitrogens is 4. The predicted molar refractivity (Wildman–Crippen MR) is 99.7 cm³/mol. The second kappa shape index (κ2) is 7.16. The fraction of sp³-hybridized carbons (Fsp3) is 0.158. The van der Waals surface area contributed by atoms with Crippen LogP contribution in [0.2, 0.25) is 0 Å². The molecule has 0 saturated carbocycles. The number of para-hydroxylation sites is 1. The highest BCUT2D eigenvalue weighted by atomic mass is 32.1. The van der Waals surface area contributed by atoms with Gasteiger partial charge in [-0.25, -0.2) is 9.48 Å². The predicted octanol–water partition coefficient (Wildman–Crippen LogP) is 4.21. The van der Waals surface area contributed by atoms with E-state index in [9.17, 15) is 4.79 Å². The van der Waals surface area contributed by atoms with E-state index in [0.717, 1.165) is 10.6 Å². The van der Waals surface area contributed by atoms with Crippen LogP contribution in [0.5, 0.6) is 0 Å². The van der Waals surface area contributed by atoms with Crippen LogP contribution in [0.15, 0.2) is 58.5 Å². The maximum absolute atomic E-state index is 12.8. The minimum atomic E-state index is -0.657. The number of nitrogens with zero attached hydrogens (tertiary/aromatic N) is 4. The SMILES string of the molecule is Cc1nnc(C(C)OC(=O)c2cn(-c3ccccc3)nc2-c2cccs2)o1. The molecule has 0 amide bonds. The summed E-state index contributed by atoms with van der Waals surface area (Å²) in [6.07, 6.45) is 1.02. The summed E-state index contributed by atoms with van der Waals surface area (Å²) in [6, 6.07) is 13.4. The van der Waals surface area contributed by atoms with Crippen molar-refractivity contribution in [2.24, 2.45) is 0 Å². The van der Waals surface area contributed by atoms with Gasteiger partial charge in [0.15, 0.2) is 6.10 Å². The normalized spacial score (nSPS) is 12.1. The quantitative estimate of drug-likeness (QED) is 0.482. The molecule has 1 aromatic carbocycles. The van der Waals surface area contributed by atoms with Gasteiger partial charge in [0.1, 0.15) is 11.3 Å². The monoisotopic (exact) mass is 380 g/mol. The van der Waals surface area contributed by atoms with Crippen LogP contribution in [0.3, 0.4) is 0 Å². The van der Waals surface area contributed by atoms with Crippen molar-refractivity contribution in [2.45, 2.75) is 20.0 Å². The number of benzene rings is 1. The lowest BCUT2D eigenvalue weighted by Crippen LogP contribution is -2.10. The first-order chi connectivity index (χ1) is 13.1. The zero-order valence-electron chi connectivity index (χ0n) is 14.7. The third-order valence-corrected chi connectivity index (χ3v) is 4.76. The molecule has 3 heterocycles. The molecular weight excluding hydrogens is 364 g/mol. The number of hydrogen-bond donors (Lipinski definition) is 0. The van der Waals surface area contributed by atoms with Gasteiger partial charge in [-0.15, -0.1) is 21.5 Å². The van der Waals surface area contributed by atoms with Crippen molar-refractivity contribution in [3.05, 3.63) is 71.4 Å². The fourth-order valence-corrected chi connectivity index (χ4v) is 3.31. The van der Waals surface area contributed by atoms with Crippen LogP contribution in [-0.2, 0) is 4.74 Å². The van der Waals surface area contributed by atoms with E-state index in [1.54, 1.807) is 24.7 Å². The van der Waals surface area contributed by atoms with Crippen molar-refractivity contribution in [1.29, 1.82) is 0 Å². The Balaban J connectivity index is 1.68. The molecule has 0 N–H and O–H groups in total. The average molecular weight is 380 g/mol. The van der Waals surface area contributed by atoms with Gasteiger partial charge in [0, 0.05) is 13.1 Å². The lowest BCUT2D eigenvalue weighted by atomic mass is 10.2. The smallest absolute Gasteiger partial charge is 0.342 e. The van der Waals surface area contributed by atoms with Crippen LogP contribution >= 0.6 is 11.3 Å². The second-order valence-corrected chi connectivity index (χ2v) is 6.80. The first kappa shape index (κ1) is 17.2. The number of thiophene rings is 1. The third kappa shape index (κ3) is 3.52. The summed E-state index contributed by atoms with van der Waals surface area (Å²) in [5, 5.41) is 14.2. The van der Waals surface area contributed by atoms with E-state index < -0.39 is 12.1 Å². The van der Waals surface area contributed by atoms with Crippen molar-refractivity contribution in [3.8, 4) is 16.3 Å². The molecule has 0 radical (unpaired) electrons. The van der Waals surface area contributed by atoms with E-state index in [2.05, 4.69) is 15.3 Å². The molecule has 3 aromatic heterocycles. The van der Waals surface area contributed by atoms with Crippen LogP contribution in [-0.4, -0.2) is 25.9 Å². The summed E-state index contributed by atoms with van der Waals surface area (Å²) in [6.45, 7) is 3.38. The Hall–Kier alpha value is -3.26. The van der Waals surface area contributed by atoms with Crippen molar-refractivity contribution < 1.29 is 13.9 Å². The molecule has 4 aromatic rings. The Labute approximate surface area is 159 Å².